The van der Waals surface area contributed by atoms with Crippen molar-refractivity contribution in [2.45, 2.75) is 26.4 Å². The van der Waals surface area contributed by atoms with Crippen LogP contribution in [0.2, 0.25) is 0 Å². The summed E-state index contributed by atoms with van der Waals surface area (Å²) in [6.07, 6.45) is 4.34. The zero-order valence-electron chi connectivity index (χ0n) is 12.1. The van der Waals surface area contributed by atoms with Crippen LogP contribution in [0.1, 0.15) is 19.2 Å². The van der Waals surface area contributed by atoms with Crippen LogP contribution < -0.4 is 5.32 Å². The monoisotopic (exact) mass is 301 g/mol. The van der Waals surface area contributed by atoms with Gasteiger partial charge < -0.3 is 5.32 Å². The summed E-state index contributed by atoms with van der Waals surface area (Å²) in [6.45, 7) is 3.11. The SMILES string of the molecule is CCCn1nnnc1CNc1c(F)cccc1-n1cccn1. The molecule has 2 aromatic heterocycles. The lowest BCUT2D eigenvalue weighted by Crippen LogP contribution is -2.12. The van der Waals surface area contributed by atoms with Crippen LogP contribution in [-0.4, -0.2) is 30.0 Å². The number of rotatable bonds is 6. The Morgan fingerprint density at radius 2 is 2.18 bits per heavy atom. The standard InChI is InChI=1S/C14H16FN7/c1-2-8-22-13(18-19-20-22)10-16-14-11(15)5-3-6-12(14)21-9-4-7-17-21/h3-7,9,16H,2,8,10H2,1H3. The molecule has 0 unspecified atom stereocenters. The van der Waals surface area contributed by atoms with E-state index in [4.69, 9.17) is 0 Å². The number of nitrogens with zero attached hydrogens (tertiary/aromatic N) is 6. The summed E-state index contributed by atoms with van der Waals surface area (Å²) in [4.78, 5) is 0. The average molecular weight is 301 g/mol. The number of halogens is 1. The number of nitrogens with one attached hydrogen (secondary N) is 1. The molecule has 1 aromatic carbocycles. The highest BCUT2D eigenvalue weighted by molar-refractivity contribution is 5.61. The molecule has 3 rings (SSSR count). The molecular formula is C14H16FN7. The van der Waals surface area contributed by atoms with Crippen molar-refractivity contribution in [3.63, 3.8) is 0 Å². The van der Waals surface area contributed by atoms with Gasteiger partial charge in [-0.15, -0.1) is 5.10 Å². The first kappa shape index (κ1) is 14.2. The van der Waals surface area contributed by atoms with Gasteiger partial charge in [-0.3, -0.25) is 0 Å². The van der Waals surface area contributed by atoms with Gasteiger partial charge in [0.2, 0.25) is 0 Å². The maximum absolute atomic E-state index is 14.2. The lowest BCUT2D eigenvalue weighted by atomic mass is 10.2. The maximum atomic E-state index is 14.2. The molecule has 0 amide bonds. The lowest BCUT2D eigenvalue weighted by Gasteiger charge is -2.12. The van der Waals surface area contributed by atoms with Gasteiger partial charge in [-0.25, -0.2) is 13.8 Å². The number of hydrogen-bond donors (Lipinski definition) is 1. The molecule has 0 aliphatic heterocycles. The molecule has 0 spiro atoms. The third-order valence-electron chi connectivity index (χ3n) is 3.21. The minimum atomic E-state index is -0.345. The second-order valence-corrected chi connectivity index (χ2v) is 4.76. The van der Waals surface area contributed by atoms with Crippen LogP contribution in [0, 0.1) is 5.82 Å². The number of benzene rings is 1. The largest absolute Gasteiger partial charge is 0.374 e. The van der Waals surface area contributed by atoms with E-state index >= 15 is 0 Å². The Labute approximate surface area is 126 Å². The third kappa shape index (κ3) is 2.80. The highest BCUT2D eigenvalue weighted by Crippen LogP contribution is 2.23. The second kappa shape index (κ2) is 6.33. The van der Waals surface area contributed by atoms with Crippen LogP contribution in [0.5, 0.6) is 0 Å². The number of hydrogen-bond acceptors (Lipinski definition) is 5. The number of anilines is 1. The molecule has 7 nitrogen and oxygen atoms in total. The zero-order valence-corrected chi connectivity index (χ0v) is 12.1. The van der Waals surface area contributed by atoms with Gasteiger partial charge in [-0.1, -0.05) is 13.0 Å². The van der Waals surface area contributed by atoms with E-state index < -0.39 is 0 Å². The maximum Gasteiger partial charge on any atom is 0.170 e. The minimum absolute atomic E-state index is 0.336. The molecule has 0 atom stereocenters. The molecule has 0 saturated carbocycles. The molecule has 0 bridgehead atoms. The van der Waals surface area contributed by atoms with Crippen molar-refractivity contribution in [1.82, 2.24) is 30.0 Å². The van der Waals surface area contributed by atoms with Crippen molar-refractivity contribution < 1.29 is 4.39 Å². The van der Waals surface area contributed by atoms with E-state index in [1.807, 2.05) is 6.92 Å². The summed E-state index contributed by atoms with van der Waals surface area (Å²) in [5.41, 5.74) is 1.01. The van der Waals surface area contributed by atoms with Crippen molar-refractivity contribution in [3.05, 3.63) is 48.3 Å². The van der Waals surface area contributed by atoms with E-state index in [0.29, 0.717) is 23.7 Å². The zero-order chi connectivity index (χ0) is 15.4. The predicted molar refractivity (Wildman–Crippen MR) is 79.0 cm³/mol. The van der Waals surface area contributed by atoms with Crippen molar-refractivity contribution >= 4 is 5.69 Å². The fourth-order valence-electron chi connectivity index (χ4n) is 2.19. The summed E-state index contributed by atoms with van der Waals surface area (Å²) in [6, 6.07) is 6.65. The Morgan fingerprint density at radius 3 is 2.95 bits per heavy atom. The van der Waals surface area contributed by atoms with Crippen LogP contribution >= 0.6 is 0 Å². The van der Waals surface area contributed by atoms with Gasteiger partial charge in [0.1, 0.15) is 5.82 Å². The Kier molecular flexibility index (Phi) is 4.08. The number of aryl methyl sites for hydroxylation is 1. The number of para-hydroxylation sites is 1. The average Bonchev–Trinajstić information content (AvgIpc) is 3.18. The van der Waals surface area contributed by atoms with Crippen LogP contribution in [-0.2, 0) is 13.1 Å². The molecule has 2 heterocycles. The van der Waals surface area contributed by atoms with Gasteiger partial charge >= 0.3 is 0 Å². The molecule has 0 radical (unpaired) electrons. The van der Waals surface area contributed by atoms with Gasteiger partial charge in [0.25, 0.3) is 0 Å². The van der Waals surface area contributed by atoms with Crippen LogP contribution in [0.4, 0.5) is 10.1 Å². The summed E-state index contributed by atoms with van der Waals surface area (Å²) in [5, 5.41) is 18.8. The first-order valence-electron chi connectivity index (χ1n) is 7.07. The van der Waals surface area contributed by atoms with Crippen LogP contribution in [0.3, 0.4) is 0 Å². The van der Waals surface area contributed by atoms with E-state index in [2.05, 4.69) is 25.9 Å². The summed E-state index contributed by atoms with van der Waals surface area (Å²) >= 11 is 0. The second-order valence-electron chi connectivity index (χ2n) is 4.76. The predicted octanol–water partition coefficient (Wildman–Crippen LogP) is 2.02. The summed E-state index contributed by atoms with van der Waals surface area (Å²) in [5.74, 6) is 0.319. The van der Waals surface area contributed by atoms with Gasteiger partial charge in [0.15, 0.2) is 5.82 Å². The first-order valence-corrected chi connectivity index (χ1v) is 7.07. The quantitative estimate of drug-likeness (QED) is 0.754. The van der Waals surface area contributed by atoms with Gasteiger partial charge in [-0.2, -0.15) is 5.10 Å². The first-order chi connectivity index (χ1) is 10.8. The molecule has 3 aromatic rings. The molecule has 114 valence electrons. The van der Waals surface area contributed by atoms with Crippen LogP contribution in [0.15, 0.2) is 36.7 Å². The normalized spacial score (nSPS) is 10.8. The highest BCUT2D eigenvalue weighted by atomic mass is 19.1. The Balaban J connectivity index is 1.85. The molecule has 22 heavy (non-hydrogen) atoms. The molecule has 0 saturated heterocycles. The Hall–Kier alpha value is -2.77. The van der Waals surface area contributed by atoms with E-state index in [1.165, 1.54) is 6.07 Å². The smallest absolute Gasteiger partial charge is 0.170 e. The van der Waals surface area contributed by atoms with E-state index in [-0.39, 0.29) is 5.82 Å². The van der Waals surface area contributed by atoms with E-state index in [9.17, 15) is 4.39 Å². The molecule has 8 heteroatoms. The Morgan fingerprint density at radius 1 is 1.27 bits per heavy atom. The van der Waals surface area contributed by atoms with Gasteiger partial charge in [0.05, 0.1) is 17.9 Å². The van der Waals surface area contributed by atoms with E-state index in [0.717, 1.165) is 13.0 Å². The number of tetrazole rings is 1. The third-order valence-corrected chi connectivity index (χ3v) is 3.21. The lowest BCUT2D eigenvalue weighted by molar-refractivity contribution is 0.557. The van der Waals surface area contributed by atoms with Crippen LogP contribution in [0.25, 0.3) is 5.69 Å². The molecule has 0 aliphatic carbocycles. The van der Waals surface area contributed by atoms with Gasteiger partial charge in [0, 0.05) is 18.9 Å². The summed E-state index contributed by atoms with van der Waals surface area (Å²) in [7, 11) is 0. The molecule has 0 aliphatic rings. The van der Waals surface area contributed by atoms with Crippen molar-refractivity contribution in [2.24, 2.45) is 0 Å². The molecular weight excluding hydrogens is 285 g/mol. The van der Waals surface area contributed by atoms with Crippen molar-refractivity contribution in [2.75, 3.05) is 5.32 Å². The van der Waals surface area contributed by atoms with Crippen molar-refractivity contribution in [1.29, 1.82) is 0 Å². The van der Waals surface area contributed by atoms with Gasteiger partial charge in [-0.05, 0) is 35.0 Å². The molecule has 1 N–H and O–H groups in total. The molecule has 0 fully saturated rings. The fourth-order valence-corrected chi connectivity index (χ4v) is 2.19. The summed E-state index contributed by atoms with van der Waals surface area (Å²) < 4.78 is 17.5. The number of aromatic nitrogens is 6. The minimum Gasteiger partial charge on any atom is -0.374 e. The van der Waals surface area contributed by atoms with E-state index in [1.54, 1.807) is 40.0 Å². The highest BCUT2D eigenvalue weighted by Gasteiger charge is 2.12. The topological polar surface area (TPSA) is 73.5 Å². The van der Waals surface area contributed by atoms with Crippen molar-refractivity contribution in [3.8, 4) is 5.69 Å². The fraction of sp³-hybridized carbons (Fsp3) is 0.286. The Bertz CT molecular complexity index is 735.